The van der Waals surface area contributed by atoms with Crippen LogP contribution in [0.4, 0.5) is 0 Å². The molecule has 8 nitrogen and oxygen atoms in total. The third kappa shape index (κ3) is 3.68. The van der Waals surface area contributed by atoms with Gasteiger partial charge in [-0.3, -0.25) is 4.79 Å². The van der Waals surface area contributed by atoms with Crippen molar-refractivity contribution in [2.75, 3.05) is 7.11 Å². The number of aliphatic carboxylic acids is 1. The number of hydrogen-bond donors (Lipinski definition) is 2. The summed E-state index contributed by atoms with van der Waals surface area (Å²) in [6.45, 7) is 3.57. The molecule has 2 aromatic heterocycles. The van der Waals surface area contributed by atoms with Crippen LogP contribution < -0.4 is 4.74 Å². The molecule has 0 aliphatic heterocycles. The first-order chi connectivity index (χ1) is 14.8. The quantitative estimate of drug-likeness (QED) is 0.437. The summed E-state index contributed by atoms with van der Waals surface area (Å²) in [6.07, 6.45) is 0.956. The highest BCUT2D eigenvalue weighted by Crippen LogP contribution is 2.35. The molecule has 0 bridgehead atoms. The van der Waals surface area contributed by atoms with Gasteiger partial charge >= 0.3 is 11.9 Å². The summed E-state index contributed by atoms with van der Waals surface area (Å²) < 4.78 is 21.5. The first-order valence-electron chi connectivity index (χ1n) is 9.46. The van der Waals surface area contributed by atoms with Gasteiger partial charge in [-0.05, 0) is 37.1 Å². The number of methoxy groups -OCH3 is 1. The van der Waals surface area contributed by atoms with Crippen LogP contribution in [0.25, 0.3) is 21.9 Å². The molecule has 160 valence electrons. The van der Waals surface area contributed by atoms with Crippen LogP contribution in [0, 0.1) is 13.8 Å². The van der Waals surface area contributed by atoms with Crippen LogP contribution in [0.2, 0.25) is 0 Å². The van der Waals surface area contributed by atoms with Crippen LogP contribution in [0.1, 0.15) is 28.4 Å². The second-order valence-corrected chi connectivity index (χ2v) is 7.29. The highest BCUT2D eigenvalue weighted by atomic mass is 16.6. The number of furan rings is 2. The Morgan fingerprint density at radius 2 is 1.68 bits per heavy atom. The molecule has 1 unspecified atom stereocenters. The molecule has 0 fully saturated rings. The lowest BCUT2D eigenvalue weighted by Crippen LogP contribution is -2.20. The molecule has 0 saturated carbocycles. The van der Waals surface area contributed by atoms with Gasteiger partial charge in [0.25, 0.3) is 0 Å². The maximum atomic E-state index is 12.7. The summed E-state index contributed by atoms with van der Waals surface area (Å²) in [4.78, 5) is 24.5. The third-order valence-corrected chi connectivity index (χ3v) is 5.13. The molecule has 0 radical (unpaired) electrons. The molecule has 31 heavy (non-hydrogen) atoms. The monoisotopic (exact) mass is 424 g/mol. The van der Waals surface area contributed by atoms with Crippen molar-refractivity contribution in [1.29, 1.82) is 0 Å². The van der Waals surface area contributed by atoms with E-state index in [9.17, 15) is 19.8 Å². The van der Waals surface area contributed by atoms with Gasteiger partial charge in [0.15, 0.2) is 0 Å². The highest BCUT2D eigenvalue weighted by molar-refractivity contribution is 5.93. The summed E-state index contributed by atoms with van der Waals surface area (Å²) in [5.41, 5.74) is 3.11. The molecule has 0 saturated heterocycles. The van der Waals surface area contributed by atoms with Gasteiger partial charge in [-0.2, -0.15) is 0 Å². The SMILES string of the molecule is COc1cc(C)c2c(CC(=O)OC(C(=O)O)c3coc4cc(O)cc(C)c34)coc2c1. The Morgan fingerprint density at radius 3 is 2.39 bits per heavy atom. The molecule has 4 aromatic rings. The van der Waals surface area contributed by atoms with Crippen molar-refractivity contribution in [3.63, 3.8) is 0 Å². The van der Waals surface area contributed by atoms with Gasteiger partial charge in [0.1, 0.15) is 22.7 Å². The van der Waals surface area contributed by atoms with E-state index in [-0.39, 0.29) is 17.7 Å². The predicted octanol–water partition coefficient (Wildman–Crippen LogP) is 4.42. The summed E-state index contributed by atoms with van der Waals surface area (Å²) in [7, 11) is 1.55. The molecule has 1 atom stereocenters. The van der Waals surface area contributed by atoms with E-state index in [2.05, 4.69) is 0 Å². The van der Waals surface area contributed by atoms with Crippen LogP contribution in [0.15, 0.2) is 45.6 Å². The zero-order chi connectivity index (χ0) is 22.3. The van der Waals surface area contributed by atoms with Crippen LogP contribution >= 0.6 is 0 Å². The number of hydrogen-bond acceptors (Lipinski definition) is 7. The Hall–Kier alpha value is -3.94. The Kier molecular flexibility index (Phi) is 5.06. The standard InChI is InChI=1S/C23H20O8/c1-11-4-14(24)7-17-21(11)16(10-30-17)22(23(26)27)31-19(25)6-13-9-29-18-8-15(28-3)5-12(2)20(13)18/h4-5,7-10,22,24H,6H2,1-3H3,(H,26,27). The van der Waals surface area contributed by atoms with E-state index in [0.717, 1.165) is 10.9 Å². The average molecular weight is 424 g/mol. The van der Waals surface area contributed by atoms with E-state index in [1.54, 1.807) is 20.1 Å². The summed E-state index contributed by atoms with van der Waals surface area (Å²) in [5.74, 6) is -1.43. The van der Waals surface area contributed by atoms with Gasteiger partial charge in [-0.25, -0.2) is 4.79 Å². The van der Waals surface area contributed by atoms with E-state index in [1.807, 2.05) is 13.0 Å². The van der Waals surface area contributed by atoms with Gasteiger partial charge in [-0.1, -0.05) is 0 Å². The number of aryl methyl sites for hydroxylation is 2. The highest BCUT2D eigenvalue weighted by Gasteiger charge is 2.29. The molecule has 2 heterocycles. The molecule has 0 spiro atoms. The molecule has 0 amide bonds. The molecule has 4 rings (SSSR count). The number of ether oxygens (including phenoxy) is 2. The van der Waals surface area contributed by atoms with E-state index in [0.29, 0.717) is 33.4 Å². The van der Waals surface area contributed by atoms with Crippen molar-refractivity contribution in [1.82, 2.24) is 0 Å². The van der Waals surface area contributed by atoms with Crippen LogP contribution in [-0.2, 0) is 20.7 Å². The molecule has 2 aromatic carbocycles. The Balaban J connectivity index is 1.63. The fourth-order valence-corrected chi connectivity index (χ4v) is 3.82. The van der Waals surface area contributed by atoms with Crippen LogP contribution in [-0.4, -0.2) is 29.3 Å². The number of fused-ring (bicyclic) bond motifs is 2. The number of phenols is 1. The molecule has 0 aliphatic rings. The predicted molar refractivity (Wildman–Crippen MR) is 110 cm³/mol. The minimum absolute atomic E-state index is 0.00592. The topological polar surface area (TPSA) is 119 Å². The number of aromatic hydroxyl groups is 1. The second kappa shape index (κ2) is 7.71. The number of carbonyl (C=O) groups is 2. The van der Waals surface area contributed by atoms with Gasteiger partial charge in [0.05, 0.1) is 31.6 Å². The fourth-order valence-electron chi connectivity index (χ4n) is 3.82. The number of phenolic OH excluding ortho intramolecular Hbond substituents is 1. The Morgan fingerprint density at radius 1 is 1.00 bits per heavy atom. The first kappa shape index (κ1) is 20.3. The second-order valence-electron chi connectivity index (χ2n) is 7.29. The number of carbonyl (C=O) groups excluding carboxylic acids is 1. The van der Waals surface area contributed by atoms with E-state index >= 15 is 0 Å². The summed E-state index contributed by atoms with van der Waals surface area (Å²) in [5, 5.41) is 20.7. The maximum Gasteiger partial charge on any atom is 0.349 e. The number of benzene rings is 2. The largest absolute Gasteiger partial charge is 0.508 e. The summed E-state index contributed by atoms with van der Waals surface area (Å²) >= 11 is 0. The lowest BCUT2D eigenvalue weighted by atomic mass is 10.0. The molecular formula is C23H20O8. The number of carboxylic acids is 1. The fraction of sp³-hybridized carbons (Fsp3) is 0.217. The van der Waals surface area contributed by atoms with Gasteiger partial charge in [0.2, 0.25) is 6.10 Å². The van der Waals surface area contributed by atoms with Crippen molar-refractivity contribution in [3.05, 3.63) is 59.0 Å². The van der Waals surface area contributed by atoms with Crippen LogP contribution in [0.5, 0.6) is 11.5 Å². The Bertz CT molecular complexity index is 1310. The van der Waals surface area contributed by atoms with E-state index < -0.39 is 18.0 Å². The van der Waals surface area contributed by atoms with Gasteiger partial charge in [0, 0.05) is 28.5 Å². The number of esters is 1. The van der Waals surface area contributed by atoms with Crippen molar-refractivity contribution < 1.29 is 38.1 Å². The zero-order valence-corrected chi connectivity index (χ0v) is 17.1. The first-order valence-corrected chi connectivity index (χ1v) is 9.46. The van der Waals surface area contributed by atoms with Crippen molar-refractivity contribution in [2.45, 2.75) is 26.4 Å². The molecular weight excluding hydrogens is 404 g/mol. The minimum Gasteiger partial charge on any atom is -0.508 e. The number of rotatable bonds is 6. The lowest BCUT2D eigenvalue weighted by Gasteiger charge is -2.13. The van der Waals surface area contributed by atoms with Gasteiger partial charge in [-0.15, -0.1) is 0 Å². The van der Waals surface area contributed by atoms with Crippen molar-refractivity contribution in [3.8, 4) is 11.5 Å². The molecule has 2 N–H and O–H groups in total. The Labute approximate surface area is 176 Å². The molecule has 8 heteroatoms. The summed E-state index contributed by atoms with van der Waals surface area (Å²) in [6, 6.07) is 6.40. The zero-order valence-electron chi connectivity index (χ0n) is 17.1. The normalized spacial score (nSPS) is 12.2. The average Bonchev–Trinajstić information content (AvgIpc) is 3.30. The van der Waals surface area contributed by atoms with Crippen molar-refractivity contribution in [2.24, 2.45) is 0 Å². The lowest BCUT2D eigenvalue weighted by molar-refractivity contribution is -0.164. The number of carboxylic acid groups (broad SMARTS) is 1. The van der Waals surface area contributed by atoms with Crippen molar-refractivity contribution >= 4 is 33.9 Å². The maximum absolute atomic E-state index is 12.7. The smallest absolute Gasteiger partial charge is 0.349 e. The van der Waals surface area contributed by atoms with Gasteiger partial charge < -0.3 is 28.5 Å². The van der Waals surface area contributed by atoms with Crippen LogP contribution in [0.3, 0.4) is 0 Å². The molecule has 0 aliphatic carbocycles. The third-order valence-electron chi connectivity index (χ3n) is 5.13. The van der Waals surface area contributed by atoms with E-state index in [4.69, 9.17) is 18.3 Å². The van der Waals surface area contributed by atoms with E-state index in [1.165, 1.54) is 24.7 Å². The minimum atomic E-state index is -1.56.